The first-order valence-corrected chi connectivity index (χ1v) is 3.99. The van der Waals surface area contributed by atoms with Gasteiger partial charge in [-0.15, -0.1) is 10.2 Å². The van der Waals surface area contributed by atoms with E-state index in [1.807, 2.05) is 6.33 Å². The molecule has 0 radical (unpaired) electrons. The maximum absolute atomic E-state index is 4.03. The van der Waals surface area contributed by atoms with Crippen LogP contribution in [0.3, 0.4) is 0 Å². The lowest BCUT2D eigenvalue weighted by atomic mass is 10.3. The molecule has 2 heterocycles. The Morgan fingerprint density at radius 1 is 1.50 bits per heavy atom. The van der Waals surface area contributed by atoms with Gasteiger partial charge >= 0.3 is 0 Å². The average molecular weight is 168 g/mol. The number of fused-ring (bicyclic) bond motifs is 1. The van der Waals surface area contributed by atoms with Crippen molar-refractivity contribution in [3.63, 3.8) is 0 Å². The van der Waals surface area contributed by atoms with Crippen molar-refractivity contribution in [3.8, 4) is 0 Å². The van der Waals surface area contributed by atoms with Crippen LogP contribution in [0.5, 0.6) is 0 Å². The standard InChI is InChI=1S/C7H12N4.CH4/c1-2-10-3-4-11-6-8-9-7(11)5-10;/h6H,2-5H2,1H3;1H4. The zero-order valence-electron chi connectivity index (χ0n) is 6.69. The third-order valence-corrected chi connectivity index (χ3v) is 2.17. The largest absolute Gasteiger partial charge is 0.315 e. The molecule has 1 aliphatic rings. The minimum Gasteiger partial charge on any atom is -0.315 e. The van der Waals surface area contributed by atoms with E-state index in [1.54, 1.807) is 0 Å². The van der Waals surface area contributed by atoms with Crippen LogP contribution >= 0.6 is 0 Å². The van der Waals surface area contributed by atoms with E-state index in [1.165, 1.54) is 0 Å². The predicted octanol–water partition coefficient (Wildman–Crippen LogP) is 0.750. The summed E-state index contributed by atoms with van der Waals surface area (Å²) in [4.78, 5) is 2.37. The Morgan fingerprint density at radius 2 is 2.33 bits per heavy atom. The Morgan fingerprint density at radius 3 is 3.08 bits per heavy atom. The molecule has 12 heavy (non-hydrogen) atoms. The lowest BCUT2D eigenvalue weighted by Crippen LogP contribution is -2.33. The van der Waals surface area contributed by atoms with Gasteiger partial charge in [0.2, 0.25) is 0 Å². The van der Waals surface area contributed by atoms with Gasteiger partial charge in [0.25, 0.3) is 0 Å². The Balaban J connectivity index is 0.000000720. The van der Waals surface area contributed by atoms with Crippen LogP contribution < -0.4 is 0 Å². The van der Waals surface area contributed by atoms with Crippen molar-refractivity contribution in [3.05, 3.63) is 12.2 Å². The molecule has 2 rings (SSSR count). The van der Waals surface area contributed by atoms with Gasteiger partial charge in [-0.3, -0.25) is 4.90 Å². The predicted molar refractivity (Wildman–Crippen MR) is 47.7 cm³/mol. The molecule has 0 saturated heterocycles. The fourth-order valence-corrected chi connectivity index (χ4v) is 1.39. The Labute approximate surface area is 73.2 Å². The summed E-state index contributed by atoms with van der Waals surface area (Å²) in [5.74, 6) is 1.10. The quantitative estimate of drug-likeness (QED) is 0.620. The molecular formula is C8H16N4. The molecule has 0 bridgehead atoms. The zero-order valence-corrected chi connectivity index (χ0v) is 6.69. The number of hydrogen-bond donors (Lipinski definition) is 0. The molecule has 0 unspecified atom stereocenters. The summed E-state index contributed by atoms with van der Waals surface area (Å²) in [6.45, 7) is 6.40. The molecule has 0 N–H and O–H groups in total. The number of rotatable bonds is 1. The summed E-state index contributed by atoms with van der Waals surface area (Å²) in [6, 6.07) is 0. The Hall–Kier alpha value is -0.900. The lowest BCUT2D eigenvalue weighted by Gasteiger charge is -2.25. The molecule has 1 aromatic rings. The summed E-state index contributed by atoms with van der Waals surface area (Å²) in [7, 11) is 0. The number of nitrogens with zero attached hydrogens (tertiary/aromatic N) is 4. The van der Waals surface area contributed by atoms with Gasteiger partial charge in [0.15, 0.2) is 0 Å². The zero-order chi connectivity index (χ0) is 7.68. The minimum atomic E-state index is 0. The first kappa shape index (κ1) is 9.19. The van der Waals surface area contributed by atoms with Crippen molar-refractivity contribution in [2.24, 2.45) is 0 Å². The minimum absolute atomic E-state index is 0. The third kappa shape index (κ3) is 1.48. The maximum Gasteiger partial charge on any atom is 0.147 e. The molecule has 1 aromatic heterocycles. The van der Waals surface area contributed by atoms with E-state index < -0.39 is 0 Å². The van der Waals surface area contributed by atoms with Gasteiger partial charge in [-0.2, -0.15) is 0 Å². The summed E-state index contributed by atoms with van der Waals surface area (Å²) in [6.07, 6.45) is 1.81. The van der Waals surface area contributed by atoms with Crippen molar-refractivity contribution >= 4 is 0 Å². The molecule has 4 heteroatoms. The molecule has 0 spiro atoms. The molecule has 0 fully saturated rings. The number of hydrogen-bond acceptors (Lipinski definition) is 3. The van der Waals surface area contributed by atoms with Crippen LogP contribution in [0.15, 0.2) is 6.33 Å². The summed E-state index contributed by atoms with van der Waals surface area (Å²) < 4.78 is 2.12. The first-order valence-electron chi connectivity index (χ1n) is 3.99. The molecular weight excluding hydrogens is 152 g/mol. The molecule has 0 amide bonds. The van der Waals surface area contributed by atoms with Crippen LogP contribution in [0.4, 0.5) is 0 Å². The van der Waals surface area contributed by atoms with Gasteiger partial charge in [-0.1, -0.05) is 14.4 Å². The number of likely N-dealkylation sites (N-methyl/N-ethyl adjacent to an activating group) is 1. The normalized spacial score (nSPS) is 16.8. The van der Waals surface area contributed by atoms with Crippen molar-refractivity contribution in [1.29, 1.82) is 0 Å². The molecule has 0 atom stereocenters. The Bertz CT molecular complexity index is 243. The van der Waals surface area contributed by atoms with E-state index >= 15 is 0 Å². The topological polar surface area (TPSA) is 34.0 Å². The molecule has 0 aromatic carbocycles. The van der Waals surface area contributed by atoms with Gasteiger partial charge in [0.1, 0.15) is 12.2 Å². The summed E-state index contributed by atoms with van der Waals surface area (Å²) in [5, 5.41) is 7.89. The summed E-state index contributed by atoms with van der Waals surface area (Å²) >= 11 is 0. The van der Waals surface area contributed by atoms with E-state index in [-0.39, 0.29) is 7.43 Å². The van der Waals surface area contributed by atoms with Crippen LogP contribution in [0.1, 0.15) is 20.2 Å². The highest BCUT2D eigenvalue weighted by Crippen LogP contribution is 2.07. The average Bonchev–Trinajstić information content (AvgIpc) is 2.50. The van der Waals surface area contributed by atoms with E-state index in [0.717, 1.165) is 32.0 Å². The highest BCUT2D eigenvalue weighted by Gasteiger charge is 2.14. The van der Waals surface area contributed by atoms with Gasteiger partial charge in [-0.25, -0.2) is 0 Å². The highest BCUT2D eigenvalue weighted by atomic mass is 15.3. The third-order valence-electron chi connectivity index (χ3n) is 2.17. The van der Waals surface area contributed by atoms with Crippen LogP contribution in [0.2, 0.25) is 0 Å². The molecule has 4 nitrogen and oxygen atoms in total. The number of aromatic nitrogens is 3. The van der Waals surface area contributed by atoms with Gasteiger partial charge < -0.3 is 4.57 Å². The Kier molecular flexibility index (Phi) is 2.81. The van der Waals surface area contributed by atoms with Crippen LogP contribution in [-0.4, -0.2) is 32.8 Å². The van der Waals surface area contributed by atoms with Gasteiger partial charge in [-0.05, 0) is 6.54 Å². The van der Waals surface area contributed by atoms with E-state index in [4.69, 9.17) is 0 Å². The SMILES string of the molecule is C.CCN1CCn2cnnc2C1. The van der Waals surface area contributed by atoms with Gasteiger partial charge in [0, 0.05) is 13.1 Å². The van der Waals surface area contributed by atoms with Crippen LogP contribution in [0.25, 0.3) is 0 Å². The van der Waals surface area contributed by atoms with Crippen molar-refractivity contribution < 1.29 is 0 Å². The van der Waals surface area contributed by atoms with Gasteiger partial charge in [0.05, 0.1) is 6.54 Å². The maximum atomic E-state index is 4.03. The smallest absolute Gasteiger partial charge is 0.147 e. The van der Waals surface area contributed by atoms with E-state index in [0.29, 0.717) is 0 Å². The van der Waals surface area contributed by atoms with E-state index in [2.05, 4.69) is 26.6 Å². The second-order valence-electron chi connectivity index (χ2n) is 2.81. The second kappa shape index (κ2) is 3.67. The fraction of sp³-hybridized carbons (Fsp3) is 0.750. The highest BCUT2D eigenvalue weighted by molar-refractivity contribution is 4.89. The second-order valence-corrected chi connectivity index (χ2v) is 2.81. The fourth-order valence-electron chi connectivity index (χ4n) is 1.39. The summed E-state index contributed by atoms with van der Waals surface area (Å²) in [5.41, 5.74) is 0. The molecule has 0 saturated carbocycles. The van der Waals surface area contributed by atoms with Crippen molar-refractivity contribution in [2.45, 2.75) is 27.4 Å². The van der Waals surface area contributed by atoms with Crippen LogP contribution in [0, 0.1) is 0 Å². The monoisotopic (exact) mass is 168 g/mol. The van der Waals surface area contributed by atoms with Crippen molar-refractivity contribution in [2.75, 3.05) is 13.1 Å². The first-order chi connectivity index (χ1) is 5.40. The van der Waals surface area contributed by atoms with E-state index in [9.17, 15) is 0 Å². The van der Waals surface area contributed by atoms with Crippen LogP contribution in [-0.2, 0) is 13.1 Å². The molecule has 0 aliphatic carbocycles. The molecule has 1 aliphatic heterocycles. The van der Waals surface area contributed by atoms with Crippen molar-refractivity contribution in [1.82, 2.24) is 19.7 Å². The lowest BCUT2D eigenvalue weighted by molar-refractivity contribution is 0.228. The molecule has 68 valence electrons.